The van der Waals surface area contributed by atoms with Gasteiger partial charge in [-0.2, -0.15) is 0 Å². The van der Waals surface area contributed by atoms with Crippen molar-refractivity contribution in [1.29, 1.82) is 0 Å². The van der Waals surface area contributed by atoms with Crippen molar-refractivity contribution >= 4 is 11.6 Å². The first-order valence-corrected chi connectivity index (χ1v) is 7.72. The summed E-state index contributed by atoms with van der Waals surface area (Å²) in [5.74, 6) is 1.44. The maximum atomic E-state index is 12.7. The quantitative estimate of drug-likeness (QED) is 0.867. The first-order chi connectivity index (χ1) is 11.5. The maximum absolute atomic E-state index is 12.7. The Morgan fingerprint density at radius 3 is 2.08 bits per heavy atom. The van der Waals surface area contributed by atoms with Gasteiger partial charge in [0.05, 0.1) is 26.9 Å². The summed E-state index contributed by atoms with van der Waals surface area (Å²) in [6.07, 6.45) is 0. The van der Waals surface area contributed by atoms with Crippen molar-refractivity contribution in [2.24, 2.45) is 0 Å². The number of carbonyl (C=O) groups excluding carboxylic acids is 1. The van der Waals surface area contributed by atoms with Gasteiger partial charge < -0.3 is 19.5 Å². The minimum atomic E-state index is -0.263. The third-order valence-corrected chi connectivity index (χ3v) is 3.78. The number of hydrogen-bond donors (Lipinski definition) is 1. The molecular formula is C19H23NO4. The standard InChI is InChI=1S/C19H23NO4/c1-12(2)13-8-6-7-9-15(13)20-19(21)14-10-17(23-4)18(24-5)11-16(14)22-3/h6-12H,1-5H3,(H,20,21). The summed E-state index contributed by atoms with van der Waals surface area (Å²) in [5.41, 5.74) is 2.24. The van der Waals surface area contributed by atoms with Crippen LogP contribution < -0.4 is 19.5 Å². The van der Waals surface area contributed by atoms with Crippen molar-refractivity contribution < 1.29 is 19.0 Å². The summed E-state index contributed by atoms with van der Waals surface area (Å²) in [7, 11) is 4.58. The van der Waals surface area contributed by atoms with Gasteiger partial charge >= 0.3 is 0 Å². The molecule has 0 heterocycles. The molecule has 24 heavy (non-hydrogen) atoms. The Labute approximate surface area is 142 Å². The van der Waals surface area contributed by atoms with Crippen LogP contribution in [0.3, 0.4) is 0 Å². The second-order valence-electron chi connectivity index (χ2n) is 5.60. The third-order valence-electron chi connectivity index (χ3n) is 3.78. The summed E-state index contributed by atoms with van der Waals surface area (Å²) in [6, 6.07) is 11.0. The van der Waals surface area contributed by atoms with Gasteiger partial charge in [0, 0.05) is 17.8 Å². The van der Waals surface area contributed by atoms with Gasteiger partial charge in [-0.1, -0.05) is 32.0 Å². The van der Waals surface area contributed by atoms with Crippen LogP contribution in [0.15, 0.2) is 36.4 Å². The maximum Gasteiger partial charge on any atom is 0.259 e. The zero-order valence-corrected chi connectivity index (χ0v) is 14.7. The highest BCUT2D eigenvalue weighted by Gasteiger charge is 2.19. The molecule has 1 N–H and O–H groups in total. The van der Waals surface area contributed by atoms with E-state index in [9.17, 15) is 4.79 Å². The number of carbonyl (C=O) groups is 1. The number of amides is 1. The molecule has 0 bridgehead atoms. The molecule has 0 fully saturated rings. The van der Waals surface area contributed by atoms with Crippen LogP contribution in [0.1, 0.15) is 35.7 Å². The summed E-state index contributed by atoms with van der Waals surface area (Å²) in [5, 5.41) is 2.96. The normalized spacial score (nSPS) is 10.4. The molecule has 5 heteroatoms. The molecule has 0 unspecified atom stereocenters. The molecule has 0 aliphatic heterocycles. The molecule has 2 rings (SSSR count). The molecule has 0 aliphatic carbocycles. The number of methoxy groups -OCH3 is 3. The van der Waals surface area contributed by atoms with Crippen molar-refractivity contribution in [3.63, 3.8) is 0 Å². The zero-order valence-electron chi connectivity index (χ0n) is 14.7. The van der Waals surface area contributed by atoms with E-state index in [1.165, 1.54) is 21.3 Å². The first-order valence-electron chi connectivity index (χ1n) is 7.72. The highest BCUT2D eigenvalue weighted by atomic mass is 16.5. The van der Waals surface area contributed by atoms with E-state index >= 15 is 0 Å². The van der Waals surface area contributed by atoms with E-state index in [1.807, 2.05) is 24.3 Å². The second-order valence-corrected chi connectivity index (χ2v) is 5.60. The van der Waals surface area contributed by atoms with E-state index in [1.54, 1.807) is 12.1 Å². The Kier molecular flexibility index (Phi) is 5.68. The van der Waals surface area contributed by atoms with Crippen LogP contribution in [0.2, 0.25) is 0 Å². The lowest BCUT2D eigenvalue weighted by atomic mass is 10.0. The van der Waals surface area contributed by atoms with Crippen LogP contribution in [-0.4, -0.2) is 27.2 Å². The Balaban J connectivity index is 2.40. The van der Waals surface area contributed by atoms with Gasteiger partial charge in [-0.3, -0.25) is 4.79 Å². The van der Waals surface area contributed by atoms with Gasteiger partial charge in [-0.05, 0) is 17.5 Å². The lowest BCUT2D eigenvalue weighted by Crippen LogP contribution is -2.15. The first kappa shape index (κ1) is 17.7. The number of hydrogen-bond acceptors (Lipinski definition) is 4. The molecule has 0 saturated carbocycles. The Bertz CT molecular complexity index is 725. The van der Waals surface area contributed by atoms with E-state index in [2.05, 4.69) is 19.2 Å². The molecule has 1 amide bonds. The van der Waals surface area contributed by atoms with Crippen LogP contribution in [0.4, 0.5) is 5.69 Å². The smallest absolute Gasteiger partial charge is 0.259 e. The fraction of sp³-hybridized carbons (Fsp3) is 0.316. The monoisotopic (exact) mass is 329 g/mol. The molecule has 2 aromatic rings. The van der Waals surface area contributed by atoms with Gasteiger partial charge in [0.25, 0.3) is 5.91 Å². The van der Waals surface area contributed by atoms with Gasteiger partial charge in [0.2, 0.25) is 0 Å². The molecule has 0 radical (unpaired) electrons. The number of rotatable bonds is 6. The van der Waals surface area contributed by atoms with Crippen LogP contribution in [0.5, 0.6) is 17.2 Å². The highest BCUT2D eigenvalue weighted by molar-refractivity contribution is 6.07. The van der Waals surface area contributed by atoms with Crippen LogP contribution >= 0.6 is 0 Å². The van der Waals surface area contributed by atoms with Crippen LogP contribution in [0.25, 0.3) is 0 Å². The SMILES string of the molecule is COc1cc(OC)c(C(=O)Nc2ccccc2C(C)C)cc1OC. The van der Waals surface area contributed by atoms with Gasteiger partial charge in [0.15, 0.2) is 11.5 Å². The van der Waals surface area contributed by atoms with E-state index in [-0.39, 0.29) is 5.91 Å². The average molecular weight is 329 g/mol. The summed E-state index contributed by atoms with van der Waals surface area (Å²) < 4.78 is 15.9. The van der Waals surface area contributed by atoms with Gasteiger partial charge in [0.1, 0.15) is 5.75 Å². The minimum absolute atomic E-state index is 0.263. The number of anilines is 1. The second kappa shape index (κ2) is 7.73. The molecule has 128 valence electrons. The molecular weight excluding hydrogens is 306 g/mol. The fourth-order valence-electron chi connectivity index (χ4n) is 2.51. The summed E-state index contributed by atoms with van der Waals surface area (Å²) in [6.45, 7) is 4.17. The Morgan fingerprint density at radius 2 is 1.50 bits per heavy atom. The van der Waals surface area contributed by atoms with Crippen molar-refractivity contribution in [2.45, 2.75) is 19.8 Å². The molecule has 0 aromatic heterocycles. The van der Waals surface area contributed by atoms with Crippen LogP contribution in [0, 0.1) is 0 Å². The Hall–Kier alpha value is -2.69. The molecule has 0 atom stereocenters. The van der Waals surface area contributed by atoms with Crippen molar-refractivity contribution in [3.05, 3.63) is 47.5 Å². The molecule has 5 nitrogen and oxygen atoms in total. The summed E-state index contributed by atoms with van der Waals surface area (Å²) >= 11 is 0. The number of ether oxygens (including phenoxy) is 3. The Morgan fingerprint density at radius 1 is 0.917 bits per heavy atom. The van der Waals surface area contributed by atoms with Gasteiger partial charge in [-0.15, -0.1) is 0 Å². The van der Waals surface area contributed by atoms with E-state index in [4.69, 9.17) is 14.2 Å². The zero-order chi connectivity index (χ0) is 17.7. The van der Waals surface area contributed by atoms with E-state index in [0.717, 1.165) is 11.3 Å². The number of para-hydroxylation sites is 1. The molecule has 0 aliphatic rings. The molecule has 0 saturated heterocycles. The fourth-order valence-corrected chi connectivity index (χ4v) is 2.51. The highest BCUT2D eigenvalue weighted by Crippen LogP contribution is 2.35. The van der Waals surface area contributed by atoms with Crippen molar-refractivity contribution in [1.82, 2.24) is 0 Å². The molecule has 2 aromatic carbocycles. The largest absolute Gasteiger partial charge is 0.496 e. The average Bonchev–Trinajstić information content (AvgIpc) is 2.60. The van der Waals surface area contributed by atoms with Gasteiger partial charge in [-0.25, -0.2) is 0 Å². The summed E-state index contributed by atoms with van der Waals surface area (Å²) in [4.78, 5) is 12.7. The van der Waals surface area contributed by atoms with Crippen molar-refractivity contribution in [3.8, 4) is 17.2 Å². The lowest BCUT2D eigenvalue weighted by Gasteiger charge is -2.16. The minimum Gasteiger partial charge on any atom is -0.496 e. The lowest BCUT2D eigenvalue weighted by molar-refractivity contribution is 0.102. The number of benzene rings is 2. The van der Waals surface area contributed by atoms with E-state index < -0.39 is 0 Å². The predicted octanol–water partition coefficient (Wildman–Crippen LogP) is 4.09. The topological polar surface area (TPSA) is 56.8 Å². The number of nitrogens with one attached hydrogen (secondary N) is 1. The van der Waals surface area contributed by atoms with Crippen LogP contribution in [-0.2, 0) is 0 Å². The van der Waals surface area contributed by atoms with E-state index in [0.29, 0.717) is 28.7 Å². The third kappa shape index (κ3) is 3.62. The molecule has 0 spiro atoms. The van der Waals surface area contributed by atoms with Crippen molar-refractivity contribution in [2.75, 3.05) is 26.6 Å². The predicted molar refractivity (Wildman–Crippen MR) is 94.6 cm³/mol.